The third kappa shape index (κ3) is 3.63. The first kappa shape index (κ1) is 15.1. The summed E-state index contributed by atoms with van der Waals surface area (Å²) in [5, 5.41) is 0. The van der Waals surface area contributed by atoms with Gasteiger partial charge in [0.25, 0.3) is 0 Å². The highest BCUT2D eigenvalue weighted by atomic mass is 16.2. The van der Waals surface area contributed by atoms with Crippen LogP contribution in [0, 0.1) is 5.92 Å². The molecule has 4 heteroatoms. The summed E-state index contributed by atoms with van der Waals surface area (Å²) >= 11 is 0. The van der Waals surface area contributed by atoms with Gasteiger partial charge in [-0.3, -0.25) is 4.79 Å². The molecule has 20 heavy (non-hydrogen) atoms. The van der Waals surface area contributed by atoms with Gasteiger partial charge < -0.3 is 15.6 Å². The number of rotatable bonds is 6. The van der Waals surface area contributed by atoms with Crippen LogP contribution in [0.15, 0.2) is 18.3 Å². The molecule has 1 aliphatic heterocycles. The molecule has 3 atom stereocenters. The Morgan fingerprint density at radius 2 is 2.30 bits per heavy atom. The largest absolute Gasteiger partial charge is 0.363 e. The molecule has 1 amide bonds. The molecule has 1 aliphatic rings. The molecular formula is C16H27N3O. The molecule has 0 saturated carbocycles. The van der Waals surface area contributed by atoms with E-state index in [1.165, 1.54) is 5.69 Å². The molecule has 1 saturated heterocycles. The van der Waals surface area contributed by atoms with Crippen molar-refractivity contribution in [3.8, 4) is 0 Å². The van der Waals surface area contributed by atoms with Crippen molar-refractivity contribution in [3.05, 3.63) is 24.0 Å². The Bertz CT molecular complexity index is 413. The number of nitrogens with two attached hydrogens (primary N) is 1. The van der Waals surface area contributed by atoms with Gasteiger partial charge >= 0.3 is 0 Å². The molecule has 0 spiro atoms. The molecule has 0 aliphatic carbocycles. The van der Waals surface area contributed by atoms with Gasteiger partial charge in [0.2, 0.25) is 5.91 Å². The van der Waals surface area contributed by atoms with Gasteiger partial charge in [-0.1, -0.05) is 13.3 Å². The molecule has 3 N–H and O–H groups in total. The Labute approximate surface area is 121 Å². The van der Waals surface area contributed by atoms with E-state index in [1.807, 2.05) is 26.1 Å². The zero-order chi connectivity index (χ0) is 14.5. The van der Waals surface area contributed by atoms with Crippen LogP contribution in [-0.4, -0.2) is 28.4 Å². The van der Waals surface area contributed by atoms with Crippen LogP contribution < -0.4 is 5.73 Å². The molecule has 0 aromatic carbocycles. The third-order valence-electron chi connectivity index (χ3n) is 4.24. The van der Waals surface area contributed by atoms with E-state index in [2.05, 4.69) is 16.0 Å². The molecular weight excluding hydrogens is 250 g/mol. The van der Waals surface area contributed by atoms with Crippen LogP contribution in [0.1, 0.15) is 57.7 Å². The first-order valence-electron chi connectivity index (χ1n) is 7.79. The van der Waals surface area contributed by atoms with Crippen molar-refractivity contribution in [2.75, 3.05) is 6.54 Å². The number of nitrogens with one attached hydrogen (secondary N) is 1. The maximum Gasteiger partial charge on any atom is 0.225 e. The van der Waals surface area contributed by atoms with Crippen molar-refractivity contribution in [1.82, 2.24) is 9.88 Å². The summed E-state index contributed by atoms with van der Waals surface area (Å²) in [5.41, 5.74) is 6.93. The Hall–Kier alpha value is -1.29. The third-order valence-corrected chi connectivity index (χ3v) is 4.24. The number of amides is 1. The SMILES string of the molecule is CC(N)CCCC(C)C(=O)N1CCCC1c1ccc[nH]1. The summed E-state index contributed by atoms with van der Waals surface area (Å²) in [4.78, 5) is 17.9. The second kappa shape index (κ2) is 6.93. The van der Waals surface area contributed by atoms with Gasteiger partial charge in [0, 0.05) is 30.4 Å². The fourth-order valence-corrected chi connectivity index (χ4v) is 3.06. The van der Waals surface area contributed by atoms with Crippen molar-refractivity contribution in [2.24, 2.45) is 11.7 Å². The number of aromatic nitrogens is 1. The van der Waals surface area contributed by atoms with Gasteiger partial charge in [-0.2, -0.15) is 0 Å². The number of H-pyrrole nitrogens is 1. The topological polar surface area (TPSA) is 62.1 Å². The zero-order valence-electron chi connectivity index (χ0n) is 12.6. The van der Waals surface area contributed by atoms with Crippen molar-refractivity contribution in [3.63, 3.8) is 0 Å². The van der Waals surface area contributed by atoms with Gasteiger partial charge in [0.1, 0.15) is 0 Å². The Kier molecular flexibility index (Phi) is 5.24. The van der Waals surface area contributed by atoms with Crippen LogP contribution in [0.5, 0.6) is 0 Å². The van der Waals surface area contributed by atoms with Gasteiger partial charge in [0.15, 0.2) is 0 Å². The number of nitrogens with zero attached hydrogens (tertiary/aromatic N) is 1. The average Bonchev–Trinajstić information content (AvgIpc) is 3.07. The highest BCUT2D eigenvalue weighted by molar-refractivity contribution is 5.79. The molecule has 1 aromatic heterocycles. The lowest BCUT2D eigenvalue weighted by atomic mass is 10.00. The Morgan fingerprint density at radius 1 is 1.50 bits per heavy atom. The molecule has 2 rings (SSSR count). The van der Waals surface area contributed by atoms with Gasteiger partial charge in [-0.05, 0) is 44.7 Å². The van der Waals surface area contributed by atoms with Crippen molar-refractivity contribution >= 4 is 5.91 Å². The van der Waals surface area contributed by atoms with E-state index < -0.39 is 0 Å². The quantitative estimate of drug-likeness (QED) is 0.840. The summed E-state index contributed by atoms with van der Waals surface area (Å²) in [6, 6.07) is 4.56. The summed E-state index contributed by atoms with van der Waals surface area (Å²) in [6.45, 7) is 4.96. The van der Waals surface area contributed by atoms with E-state index in [4.69, 9.17) is 5.73 Å². The van der Waals surface area contributed by atoms with Gasteiger partial charge in [0.05, 0.1) is 6.04 Å². The standard InChI is InChI=1S/C16H27N3O/c1-12(6-3-7-13(2)17)16(20)19-11-5-9-15(19)14-8-4-10-18-14/h4,8,10,12-13,15,18H,3,5-7,9,11,17H2,1-2H3. The number of carbonyl (C=O) groups excluding carboxylic acids is 1. The van der Waals surface area contributed by atoms with E-state index in [9.17, 15) is 4.79 Å². The van der Waals surface area contributed by atoms with Crippen LogP contribution in [0.4, 0.5) is 0 Å². The lowest BCUT2D eigenvalue weighted by Crippen LogP contribution is -2.35. The second-order valence-electron chi connectivity index (χ2n) is 6.12. The molecule has 3 unspecified atom stereocenters. The first-order chi connectivity index (χ1) is 9.59. The summed E-state index contributed by atoms with van der Waals surface area (Å²) < 4.78 is 0. The maximum absolute atomic E-state index is 12.6. The molecule has 4 nitrogen and oxygen atoms in total. The maximum atomic E-state index is 12.6. The second-order valence-corrected chi connectivity index (χ2v) is 6.12. The van der Waals surface area contributed by atoms with Crippen LogP contribution in [0.25, 0.3) is 0 Å². The number of hydrogen-bond acceptors (Lipinski definition) is 2. The minimum Gasteiger partial charge on any atom is -0.363 e. The summed E-state index contributed by atoms with van der Waals surface area (Å²) in [7, 11) is 0. The smallest absolute Gasteiger partial charge is 0.225 e. The number of aromatic amines is 1. The van der Waals surface area contributed by atoms with Crippen molar-refractivity contribution < 1.29 is 4.79 Å². The lowest BCUT2D eigenvalue weighted by Gasteiger charge is -2.27. The normalized spacial score (nSPS) is 21.9. The highest BCUT2D eigenvalue weighted by Crippen LogP contribution is 2.32. The van der Waals surface area contributed by atoms with E-state index in [0.29, 0.717) is 5.91 Å². The van der Waals surface area contributed by atoms with Gasteiger partial charge in [-0.25, -0.2) is 0 Å². The van der Waals surface area contributed by atoms with Gasteiger partial charge in [-0.15, -0.1) is 0 Å². The van der Waals surface area contributed by atoms with E-state index in [1.54, 1.807) is 0 Å². The fraction of sp³-hybridized carbons (Fsp3) is 0.688. The van der Waals surface area contributed by atoms with Crippen LogP contribution in [0.2, 0.25) is 0 Å². The van der Waals surface area contributed by atoms with Crippen molar-refractivity contribution in [2.45, 2.75) is 58.0 Å². The molecule has 0 bridgehead atoms. The Balaban J connectivity index is 1.90. The van der Waals surface area contributed by atoms with Crippen LogP contribution >= 0.6 is 0 Å². The van der Waals surface area contributed by atoms with E-state index >= 15 is 0 Å². The molecule has 0 radical (unpaired) electrons. The number of hydrogen-bond donors (Lipinski definition) is 2. The predicted molar refractivity (Wildman–Crippen MR) is 81.1 cm³/mol. The summed E-state index contributed by atoms with van der Waals surface area (Å²) in [5.74, 6) is 0.399. The predicted octanol–water partition coefficient (Wildman–Crippen LogP) is 2.83. The minimum absolute atomic E-state index is 0.101. The van der Waals surface area contributed by atoms with Crippen LogP contribution in [0.3, 0.4) is 0 Å². The lowest BCUT2D eigenvalue weighted by molar-refractivity contribution is -0.136. The monoisotopic (exact) mass is 277 g/mol. The molecule has 1 aromatic rings. The highest BCUT2D eigenvalue weighted by Gasteiger charge is 2.32. The number of likely N-dealkylation sites (tertiary alicyclic amines) is 1. The zero-order valence-corrected chi connectivity index (χ0v) is 12.6. The fourth-order valence-electron chi connectivity index (χ4n) is 3.06. The van der Waals surface area contributed by atoms with Crippen LogP contribution in [-0.2, 0) is 4.79 Å². The van der Waals surface area contributed by atoms with E-state index in [0.717, 1.165) is 38.6 Å². The molecule has 2 heterocycles. The minimum atomic E-state index is 0.101. The molecule has 112 valence electrons. The summed E-state index contributed by atoms with van der Waals surface area (Å²) in [6.07, 6.45) is 7.07. The average molecular weight is 277 g/mol. The first-order valence-corrected chi connectivity index (χ1v) is 7.79. The Morgan fingerprint density at radius 3 is 2.95 bits per heavy atom. The van der Waals surface area contributed by atoms with E-state index in [-0.39, 0.29) is 18.0 Å². The molecule has 1 fully saturated rings. The number of carbonyl (C=O) groups is 1. The van der Waals surface area contributed by atoms with Crippen molar-refractivity contribution in [1.29, 1.82) is 0 Å².